The van der Waals surface area contributed by atoms with Crippen LogP contribution in [0.1, 0.15) is 23.1 Å². The van der Waals surface area contributed by atoms with Crippen LogP contribution in [0, 0.1) is 15.4 Å². The van der Waals surface area contributed by atoms with E-state index in [1.54, 1.807) is 14.1 Å². The number of rotatable bonds is 4. The lowest BCUT2D eigenvalue weighted by atomic mass is 9.57. The predicted octanol–water partition coefficient (Wildman–Crippen LogP) is 1.43. The molecule has 11 heteroatoms. The second-order valence-electron chi connectivity index (χ2n) is 9.11. The Kier molecular flexibility index (Phi) is 6.28. The van der Waals surface area contributed by atoms with E-state index in [2.05, 4.69) is 22.6 Å². The molecule has 1 aromatic carbocycles. The summed E-state index contributed by atoms with van der Waals surface area (Å²) in [7, 11) is 3.14. The van der Waals surface area contributed by atoms with Gasteiger partial charge in [-0.1, -0.05) is 0 Å². The average Bonchev–Trinajstić information content (AvgIpc) is 2.74. The fraction of sp³-hybridized carbons (Fsp3) is 0.435. The number of halogens is 1. The Morgan fingerprint density at radius 3 is 2.50 bits per heavy atom. The first-order valence-electron chi connectivity index (χ1n) is 10.5. The number of aromatic hydroxyl groups is 1. The first-order chi connectivity index (χ1) is 15.9. The predicted molar refractivity (Wildman–Crippen MR) is 134 cm³/mol. The molecular weight excluding hydrogens is 575 g/mol. The van der Waals surface area contributed by atoms with Crippen molar-refractivity contribution in [2.45, 2.75) is 30.2 Å². The molecule has 4 rings (SSSR count). The molecule has 0 aromatic heterocycles. The third-order valence-corrected chi connectivity index (χ3v) is 8.61. The molecule has 6 N–H and O–H groups in total. The summed E-state index contributed by atoms with van der Waals surface area (Å²) in [5, 5.41) is 44.5. The van der Waals surface area contributed by atoms with E-state index < -0.39 is 58.0 Å². The highest BCUT2D eigenvalue weighted by Crippen LogP contribution is 2.53. The van der Waals surface area contributed by atoms with Crippen molar-refractivity contribution in [2.24, 2.45) is 17.6 Å². The second kappa shape index (κ2) is 8.54. The zero-order valence-corrected chi connectivity index (χ0v) is 21.7. The molecule has 0 radical (unpaired) electrons. The molecule has 1 unspecified atom stereocenters. The van der Waals surface area contributed by atoms with Gasteiger partial charge in [0.15, 0.2) is 11.4 Å². The molecule has 34 heavy (non-hydrogen) atoms. The Morgan fingerprint density at radius 2 is 1.94 bits per heavy atom. The lowest BCUT2D eigenvalue weighted by Gasteiger charge is -2.50. The molecule has 182 valence electrons. The van der Waals surface area contributed by atoms with E-state index in [9.17, 15) is 34.8 Å². The van der Waals surface area contributed by atoms with E-state index in [-0.39, 0.29) is 23.3 Å². The number of ketones is 2. The molecule has 1 amide bonds. The summed E-state index contributed by atoms with van der Waals surface area (Å²) in [6.45, 7) is 0. The number of phenols is 1. The van der Waals surface area contributed by atoms with Gasteiger partial charge in [-0.15, -0.1) is 0 Å². The van der Waals surface area contributed by atoms with E-state index in [1.807, 2.05) is 12.3 Å². The largest absolute Gasteiger partial charge is 0.508 e. The van der Waals surface area contributed by atoms with Gasteiger partial charge in [-0.05, 0) is 73.3 Å². The first kappa shape index (κ1) is 25.0. The number of likely N-dealkylation sites (N-methyl/N-ethyl adjacent to an activating group) is 1. The zero-order chi connectivity index (χ0) is 25.3. The number of nitrogens with zero attached hydrogens (tertiary/aromatic N) is 1. The number of phenolic OH excluding ortho intramolecular Hbond substituents is 1. The number of primary amides is 1. The van der Waals surface area contributed by atoms with Crippen molar-refractivity contribution in [2.75, 3.05) is 20.4 Å². The topological polar surface area (TPSA) is 161 Å². The standard InChI is InChI=1S/C23H25IN2O7S/c1-26(2)16-11-5-8-4-10-12(24)6-9(7-34-3)17(27)14(10)18(28)13(8)20(30)23(11,33)21(31)15(19(16)29)22(25)32/h6,8,11,16,27-28,31,33H,4-5,7H2,1-3H3,(H2,25,32)/t8-,11-,16?,23-/m0/s1. The summed E-state index contributed by atoms with van der Waals surface area (Å²) in [6, 6.07) is 0.749. The molecule has 0 spiro atoms. The summed E-state index contributed by atoms with van der Waals surface area (Å²) in [5.41, 5.74) is 3.15. The zero-order valence-electron chi connectivity index (χ0n) is 18.8. The number of benzene rings is 1. The fourth-order valence-corrected chi connectivity index (χ4v) is 6.98. The average molecular weight is 600 g/mol. The maximum atomic E-state index is 13.8. The molecule has 0 aliphatic heterocycles. The Morgan fingerprint density at radius 1 is 1.29 bits per heavy atom. The minimum Gasteiger partial charge on any atom is -0.508 e. The number of hydrogen-bond acceptors (Lipinski definition) is 9. The summed E-state index contributed by atoms with van der Waals surface area (Å²) in [4.78, 5) is 40.3. The van der Waals surface area contributed by atoms with Crippen LogP contribution in [0.15, 0.2) is 23.0 Å². The first-order valence-corrected chi connectivity index (χ1v) is 13.0. The van der Waals surface area contributed by atoms with Gasteiger partial charge in [-0.25, -0.2) is 0 Å². The van der Waals surface area contributed by atoms with Crippen LogP contribution < -0.4 is 5.73 Å². The van der Waals surface area contributed by atoms with Crippen molar-refractivity contribution in [3.05, 3.63) is 43.2 Å². The van der Waals surface area contributed by atoms with Gasteiger partial charge in [0.25, 0.3) is 5.91 Å². The van der Waals surface area contributed by atoms with Gasteiger partial charge in [0, 0.05) is 26.4 Å². The number of fused-ring (bicyclic) bond motifs is 3. The van der Waals surface area contributed by atoms with Crippen molar-refractivity contribution in [1.29, 1.82) is 0 Å². The van der Waals surface area contributed by atoms with E-state index in [0.717, 1.165) is 3.57 Å². The highest BCUT2D eigenvalue weighted by Gasteiger charge is 2.64. The summed E-state index contributed by atoms with van der Waals surface area (Å²) >= 11 is 3.61. The van der Waals surface area contributed by atoms with E-state index in [1.165, 1.54) is 16.7 Å². The van der Waals surface area contributed by atoms with Crippen LogP contribution in [-0.4, -0.2) is 74.8 Å². The number of amides is 1. The number of carbonyl (C=O) groups excluding carboxylic acids is 3. The minimum absolute atomic E-state index is 0.0785. The van der Waals surface area contributed by atoms with Crippen LogP contribution in [0.2, 0.25) is 0 Å². The SMILES string of the molecule is CSCc1cc(I)c2c(c1O)C(O)=C1C(=O)[C@]3(O)C(O)=C(C(N)=O)C(=O)C(N(C)C)[C@@H]3C[C@@H]1C2. The highest BCUT2D eigenvalue weighted by atomic mass is 127. The van der Waals surface area contributed by atoms with E-state index in [0.29, 0.717) is 23.3 Å². The second-order valence-corrected chi connectivity index (χ2v) is 11.1. The molecule has 0 heterocycles. The number of carbonyl (C=O) groups is 3. The van der Waals surface area contributed by atoms with Gasteiger partial charge in [-0.3, -0.25) is 19.3 Å². The van der Waals surface area contributed by atoms with E-state index >= 15 is 0 Å². The Labute approximate surface area is 213 Å². The van der Waals surface area contributed by atoms with Gasteiger partial charge in [0.2, 0.25) is 5.78 Å². The van der Waals surface area contributed by atoms with Gasteiger partial charge in [0.05, 0.1) is 11.6 Å². The van der Waals surface area contributed by atoms with Crippen molar-refractivity contribution < 1.29 is 34.8 Å². The number of thioether (sulfide) groups is 1. The van der Waals surface area contributed by atoms with Gasteiger partial charge in [-0.2, -0.15) is 11.8 Å². The fourth-order valence-electron chi connectivity index (χ4n) is 5.58. The van der Waals surface area contributed by atoms with Gasteiger partial charge in [0.1, 0.15) is 22.8 Å². The van der Waals surface area contributed by atoms with Gasteiger partial charge >= 0.3 is 0 Å². The van der Waals surface area contributed by atoms with Crippen LogP contribution in [0.4, 0.5) is 0 Å². The van der Waals surface area contributed by atoms with Crippen LogP contribution in [0.5, 0.6) is 5.75 Å². The van der Waals surface area contributed by atoms with Crippen LogP contribution >= 0.6 is 34.4 Å². The molecule has 0 bridgehead atoms. The highest BCUT2D eigenvalue weighted by molar-refractivity contribution is 14.1. The van der Waals surface area contributed by atoms with Crippen LogP contribution in [-0.2, 0) is 26.6 Å². The van der Waals surface area contributed by atoms with Crippen molar-refractivity contribution in [3.8, 4) is 5.75 Å². The third kappa shape index (κ3) is 3.31. The maximum absolute atomic E-state index is 13.8. The van der Waals surface area contributed by atoms with Crippen molar-refractivity contribution in [3.63, 3.8) is 0 Å². The molecule has 4 atom stereocenters. The molecule has 1 aromatic rings. The molecule has 3 aliphatic carbocycles. The van der Waals surface area contributed by atoms with E-state index in [4.69, 9.17) is 5.73 Å². The lowest BCUT2D eigenvalue weighted by Crippen LogP contribution is -2.65. The monoisotopic (exact) mass is 600 g/mol. The van der Waals surface area contributed by atoms with Crippen molar-refractivity contribution in [1.82, 2.24) is 4.90 Å². The molecule has 1 saturated carbocycles. The Balaban J connectivity index is 1.98. The molecule has 3 aliphatic rings. The van der Waals surface area contributed by atoms with Crippen molar-refractivity contribution >= 4 is 57.6 Å². The number of aliphatic hydroxyl groups is 3. The van der Waals surface area contributed by atoms with Crippen LogP contribution in [0.25, 0.3) is 5.76 Å². The summed E-state index contributed by atoms with van der Waals surface area (Å²) in [5.74, 6) is -5.87. The minimum atomic E-state index is -2.62. The molecule has 9 nitrogen and oxygen atoms in total. The Hall–Kier alpha value is -2.09. The van der Waals surface area contributed by atoms with Crippen LogP contribution in [0.3, 0.4) is 0 Å². The molecule has 0 saturated heterocycles. The summed E-state index contributed by atoms with van der Waals surface area (Å²) in [6.07, 6.45) is 2.24. The molecular formula is C23H25IN2O7S. The molecule has 1 fully saturated rings. The lowest BCUT2D eigenvalue weighted by molar-refractivity contribution is -0.153. The van der Waals surface area contributed by atoms with Gasteiger partial charge < -0.3 is 26.2 Å². The number of hydrogen-bond donors (Lipinski definition) is 5. The quantitative estimate of drug-likeness (QED) is 0.254. The normalized spacial score (nSPS) is 28.7. The number of Topliss-reactive ketones (excluding diaryl/α,β-unsaturated/α-hetero) is 2. The maximum Gasteiger partial charge on any atom is 0.255 e. The third-order valence-electron chi connectivity index (χ3n) is 7.05. The summed E-state index contributed by atoms with van der Waals surface area (Å²) < 4.78 is 0.816. The smallest absolute Gasteiger partial charge is 0.255 e. The number of aliphatic hydroxyl groups excluding tert-OH is 2. The Bertz CT molecular complexity index is 1210. The number of nitrogens with two attached hydrogens (primary N) is 1.